The van der Waals surface area contributed by atoms with Crippen LogP contribution in [0.15, 0.2) is 30.3 Å². The van der Waals surface area contributed by atoms with Crippen LogP contribution in [0.2, 0.25) is 0 Å². The van der Waals surface area contributed by atoms with E-state index in [0.717, 1.165) is 0 Å². The zero-order valence-corrected chi connectivity index (χ0v) is 17.8. The van der Waals surface area contributed by atoms with E-state index >= 15 is 0 Å². The van der Waals surface area contributed by atoms with Gasteiger partial charge >= 0.3 is 21.1 Å². The maximum atomic E-state index is 9.29. The number of hydrogen-bond acceptors (Lipinski definition) is 10. The molecule has 22 heavy (non-hydrogen) atoms. The molecular formula is C7H12O10P4W. The van der Waals surface area contributed by atoms with Crippen LogP contribution in [-0.2, 0) is 47.9 Å². The van der Waals surface area contributed by atoms with Gasteiger partial charge in [0, 0.05) is 0 Å². The fourth-order valence-electron chi connectivity index (χ4n) is 0.670. The summed E-state index contributed by atoms with van der Waals surface area (Å²) in [7, 11) is -14.1. The minimum absolute atomic E-state index is 0. The van der Waals surface area contributed by atoms with Crippen molar-refractivity contribution in [2.24, 2.45) is 0 Å². The van der Waals surface area contributed by atoms with E-state index in [1.165, 1.54) is 5.56 Å². The van der Waals surface area contributed by atoms with E-state index in [0.29, 0.717) is 0 Å². The zero-order chi connectivity index (χ0) is 16.8. The normalized spacial score (nSPS) is 14.6. The summed E-state index contributed by atoms with van der Waals surface area (Å²) < 4.78 is 43.6. The van der Waals surface area contributed by atoms with Gasteiger partial charge in [-0.05, 0) is 6.92 Å². The van der Waals surface area contributed by atoms with Crippen LogP contribution in [0.25, 0.3) is 0 Å². The summed E-state index contributed by atoms with van der Waals surface area (Å²) >= 11 is 0. The molecule has 1 rings (SSSR count). The van der Waals surface area contributed by atoms with E-state index in [2.05, 4.69) is 27.7 Å². The monoisotopic (exact) mass is 564 g/mol. The van der Waals surface area contributed by atoms with Gasteiger partial charge in [0.05, 0.1) is 0 Å². The van der Waals surface area contributed by atoms with Crippen LogP contribution in [0.5, 0.6) is 0 Å². The first kappa shape index (κ1) is 27.4. The Morgan fingerprint density at radius 2 is 1.00 bits per heavy atom. The van der Waals surface area contributed by atoms with Crippen LogP contribution >= 0.6 is 33.0 Å². The fourth-order valence-corrected chi connectivity index (χ4v) is 1.76. The van der Waals surface area contributed by atoms with Crippen molar-refractivity contribution in [3.05, 3.63) is 35.9 Å². The van der Waals surface area contributed by atoms with Gasteiger partial charge in [-0.15, -0.1) is 0 Å². The molecule has 0 N–H and O–H groups in total. The first-order valence-corrected chi connectivity index (χ1v) is 9.76. The third-order valence-corrected chi connectivity index (χ3v) is 3.94. The Bertz CT molecular complexity index is 433. The maximum absolute atomic E-state index is 9.29. The van der Waals surface area contributed by atoms with Crippen molar-refractivity contribution in [1.82, 2.24) is 0 Å². The summed E-state index contributed by atoms with van der Waals surface area (Å²) in [6.45, 7) is 2.08. The van der Waals surface area contributed by atoms with Crippen molar-refractivity contribution in [3.63, 3.8) is 0 Å². The molecule has 0 aliphatic heterocycles. The zero-order valence-electron chi connectivity index (χ0n) is 10.9. The average Bonchev–Trinajstić information content (AvgIpc) is 2.27. The summed E-state index contributed by atoms with van der Waals surface area (Å²) in [5.74, 6) is 0. The number of benzene rings is 1. The van der Waals surface area contributed by atoms with Gasteiger partial charge in [-0.3, -0.25) is 8.62 Å². The van der Waals surface area contributed by atoms with Crippen LogP contribution in [0.3, 0.4) is 0 Å². The fraction of sp³-hybridized carbons (Fsp3) is 0.143. The Hall–Kier alpha value is 0.588. The van der Waals surface area contributed by atoms with Gasteiger partial charge in [0.2, 0.25) is 0 Å². The Morgan fingerprint density at radius 1 is 0.727 bits per heavy atom. The van der Waals surface area contributed by atoms with Crippen molar-refractivity contribution in [2.45, 2.75) is 6.92 Å². The molecule has 0 radical (unpaired) electrons. The summed E-state index contributed by atoms with van der Waals surface area (Å²) in [5.41, 5.74) is 1.32. The largest absolute Gasteiger partial charge is 4.00 e. The third kappa shape index (κ3) is 28.7. The van der Waals surface area contributed by atoms with Gasteiger partial charge in [0.15, 0.2) is 0 Å². The molecule has 0 amide bonds. The van der Waals surface area contributed by atoms with Crippen molar-refractivity contribution in [2.75, 3.05) is 0 Å². The molecule has 10 nitrogen and oxygen atoms in total. The van der Waals surface area contributed by atoms with E-state index in [4.69, 9.17) is 0 Å². The topological polar surface area (TPSA) is 179 Å². The van der Waals surface area contributed by atoms with E-state index in [9.17, 15) is 37.8 Å². The molecule has 0 heterocycles. The summed E-state index contributed by atoms with van der Waals surface area (Å²) in [5, 5.41) is 0. The predicted molar refractivity (Wildman–Crippen MR) is 69.4 cm³/mol. The van der Waals surface area contributed by atoms with Crippen LogP contribution in [-0.4, -0.2) is 0 Å². The van der Waals surface area contributed by atoms with Crippen LogP contribution < -0.4 is 19.6 Å². The van der Waals surface area contributed by atoms with Crippen LogP contribution in [0.4, 0.5) is 0 Å². The molecule has 1 aromatic carbocycles. The molecule has 1 aromatic rings. The number of rotatable bonds is 4. The van der Waals surface area contributed by atoms with Crippen molar-refractivity contribution < 1.29 is 67.5 Å². The molecule has 0 aromatic heterocycles. The van der Waals surface area contributed by atoms with Gasteiger partial charge < -0.3 is 37.8 Å². The van der Waals surface area contributed by atoms with Gasteiger partial charge in [0.25, 0.3) is 0 Å². The molecule has 0 saturated carbocycles. The first-order valence-electron chi connectivity index (χ1n) is 4.86. The second-order valence-corrected chi connectivity index (χ2v) is 6.49. The molecule has 0 bridgehead atoms. The third-order valence-electron chi connectivity index (χ3n) is 1.27. The molecular weight excluding hydrogens is 552 g/mol. The van der Waals surface area contributed by atoms with Gasteiger partial charge in [-0.2, -0.15) is 0 Å². The number of hydrogen-bond donors (Lipinski definition) is 0. The molecule has 4 atom stereocenters. The smallest absolute Gasteiger partial charge is 0.781 e. The standard InChI is InChI=1S/C7H8.2H4O5P2.W/c1-7-5-3-2-4-6-7;2*1-6(2)5-7(3)4;/h2-6H,1H3;2*6-7H,(H,1,2)(H,3,4);/q;;;+4/p-4. The van der Waals surface area contributed by atoms with E-state index in [1.807, 2.05) is 18.2 Å². The number of aryl methyl sites for hydroxylation is 1. The molecule has 0 aliphatic carbocycles. The van der Waals surface area contributed by atoms with Crippen LogP contribution in [0, 0.1) is 6.92 Å². The minimum atomic E-state index is -3.51. The maximum Gasteiger partial charge on any atom is 4.00 e. The summed E-state index contributed by atoms with van der Waals surface area (Å²) in [6, 6.07) is 10.3. The molecule has 126 valence electrons. The summed E-state index contributed by atoms with van der Waals surface area (Å²) in [6.07, 6.45) is 0. The Balaban J connectivity index is -0.000000241. The molecule has 0 aliphatic rings. The van der Waals surface area contributed by atoms with E-state index < -0.39 is 33.0 Å². The average molecular weight is 564 g/mol. The molecule has 0 spiro atoms. The molecule has 4 unspecified atom stereocenters. The second kappa shape index (κ2) is 17.9. The minimum Gasteiger partial charge on any atom is -0.781 e. The Morgan fingerprint density at radius 3 is 1.09 bits per heavy atom. The second-order valence-electron chi connectivity index (χ2n) is 2.86. The Labute approximate surface area is 143 Å². The van der Waals surface area contributed by atoms with Gasteiger partial charge in [-0.1, -0.05) is 35.9 Å². The quantitative estimate of drug-likeness (QED) is 0.412. The Kier molecular flexibility index (Phi) is 22.4. The summed E-state index contributed by atoms with van der Waals surface area (Å²) in [4.78, 5) is 37.1. The van der Waals surface area contributed by atoms with Crippen molar-refractivity contribution in [3.8, 4) is 0 Å². The SMILES string of the molecule is Cc1ccccc1.O=[PH]([O-])O[PH](=O)[O-].O=[PH]([O-])O[PH](=O)[O-].[W+4]. The van der Waals surface area contributed by atoms with Crippen molar-refractivity contribution >= 4 is 33.0 Å². The van der Waals surface area contributed by atoms with Crippen molar-refractivity contribution in [1.29, 1.82) is 0 Å². The van der Waals surface area contributed by atoms with E-state index in [1.54, 1.807) is 0 Å². The van der Waals surface area contributed by atoms with Gasteiger partial charge in [-0.25, -0.2) is 0 Å². The van der Waals surface area contributed by atoms with Gasteiger partial charge in [0.1, 0.15) is 33.0 Å². The molecule has 15 heteroatoms. The van der Waals surface area contributed by atoms with E-state index in [-0.39, 0.29) is 21.1 Å². The van der Waals surface area contributed by atoms with Crippen LogP contribution in [0.1, 0.15) is 5.56 Å². The first-order chi connectivity index (χ1) is 9.65. The predicted octanol–water partition coefficient (Wildman–Crippen LogP) is -1.00. The molecule has 0 saturated heterocycles. The molecule has 0 fully saturated rings.